The van der Waals surface area contributed by atoms with E-state index in [1.807, 2.05) is 0 Å². The minimum Gasteiger partial charge on any atom is -0.408 e. The average Bonchev–Trinajstić information content (AvgIpc) is 2.37. The van der Waals surface area contributed by atoms with Crippen molar-refractivity contribution in [2.75, 3.05) is 26.1 Å². The van der Waals surface area contributed by atoms with Gasteiger partial charge in [-0.1, -0.05) is 13.3 Å². The van der Waals surface area contributed by atoms with E-state index in [2.05, 4.69) is 11.9 Å². The van der Waals surface area contributed by atoms with Crippen LogP contribution in [-0.4, -0.2) is 36.4 Å². The number of anilines is 1. The lowest BCUT2D eigenvalue weighted by atomic mass is 10.3. The smallest absolute Gasteiger partial charge is 0.408 e. The fourth-order valence-electron chi connectivity index (χ4n) is 1.33. The third kappa shape index (κ3) is 4.58. The van der Waals surface area contributed by atoms with Crippen LogP contribution in [0.4, 0.5) is 10.6 Å². The number of carbonyl (C=O) groups excluding carboxylic acids is 1. The molecular formula is C12H19N3O3. The van der Waals surface area contributed by atoms with Crippen LogP contribution in [0.15, 0.2) is 18.3 Å². The van der Waals surface area contributed by atoms with Gasteiger partial charge in [0.05, 0.1) is 6.20 Å². The number of nitrogen functional groups attached to an aromatic ring is 1. The molecule has 1 amide bonds. The van der Waals surface area contributed by atoms with Crippen LogP contribution in [0.2, 0.25) is 0 Å². The van der Waals surface area contributed by atoms with E-state index in [1.165, 1.54) is 18.2 Å². The fraction of sp³-hybridized carbons (Fsp3) is 0.500. The number of nitrogens with two attached hydrogens (primary N) is 1. The lowest BCUT2D eigenvalue weighted by Crippen LogP contribution is -2.35. The Labute approximate surface area is 107 Å². The van der Waals surface area contributed by atoms with Crippen LogP contribution in [0.1, 0.15) is 19.8 Å². The Morgan fingerprint density at radius 2 is 2.28 bits per heavy atom. The Bertz CT molecular complexity index is 367. The summed E-state index contributed by atoms with van der Waals surface area (Å²) in [5, 5.41) is 0. The third-order valence-electron chi connectivity index (χ3n) is 2.29. The second-order valence-electron chi connectivity index (χ2n) is 3.82. The summed E-state index contributed by atoms with van der Waals surface area (Å²) in [4.78, 5) is 17.2. The fourth-order valence-corrected chi connectivity index (χ4v) is 1.33. The first-order chi connectivity index (χ1) is 8.67. The van der Waals surface area contributed by atoms with Crippen molar-refractivity contribution in [1.82, 2.24) is 9.88 Å². The number of pyridine rings is 1. The van der Waals surface area contributed by atoms with Crippen LogP contribution >= 0.6 is 0 Å². The number of hydrogen-bond acceptors (Lipinski definition) is 5. The number of unbranched alkanes of at least 4 members (excludes halogenated alkanes) is 1. The van der Waals surface area contributed by atoms with Gasteiger partial charge >= 0.3 is 6.09 Å². The zero-order chi connectivity index (χ0) is 13.4. The maximum Gasteiger partial charge on any atom is 0.417 e. The summed E-state index contributed by atoms with van der Waals surface area (Å²) < 4.78 is 10.1. The topological polar surface area (TPSA) is 77.7 Å². The highest BCUT2D eigenvalue weighted by atomic mass is 16.6. The number of hydrogen-bond donors (Lipinski definition) is 1. The van der Waals surface area contributed by atoms with Gasteiger partial charge in [0.25, 0.3) is 0 Å². The van der Waals surface area contributed by atoms with E-state index in [0.29, 0.717) is 18.1 Å². The summed E-state index contributed by atoms with van der Waals surface area (Å²) in [7, 11) is 1.54. The van der Waals surface area contributed by atoms with Crippen molar-refractivity contribution in [3.8, 4) is 5.75 Å². The minimum absolute atomic E-state index is 0.210. The van der Waals surface area contributed by atoms with Gasteiger partial charge in [0, 0.05) is 13.7 Å². The molecule has 0 aliphatic carbocycles. The van der Waals surface area contributed by atoms with Crippen LogP contribution in [0.5, 0.6) is 5.75 Å². The van der Waals surface area contributed by atoms with Gasteiger partial charge in [0.1, 0.15) is 12.5 Å². The summed E-state index contributed by atoms with van der Waals surface area (Å²) in [5.74, 6) is 0.751. The average molecular weight is 253 g/mol. The third-order valence-corrected chi connectivity index (χ3v) is 2.29. The van der Waals surface area contributed by atoms with Crippen LogP contribution in [-0.2, 0) is 4.74 Å². The zero-order valence-electron chi connectivity index (χ0n) is 10.8. The predicted octanol–water partition coefficient (Wildman–Crippen LogP) is 1.87. The minimum atomic E-state index is -0.447. The molecule has 0 spiro atoms. The maximum absolute atomic E-state index is 11.9. The molecule has 2 N–H and O–H groups in total. The highest BCUT2D eigenvalue weighted by Crippen LogP contribution is 2.11. The molecule has 6 nitrogen and oxygen atoms in total. The van der Waals surface area contributed by atoms with Crippen molar-refractivity contribution in [3.05, 3.63) is 18.3 Å². The maximum atomic E-state index is 11.9. The zero-order valence-corrected chi connectivity index (χ0v) is 10.8. The first-order valence-electron chi connectivity index (χ1n) is 5.84. The highest BCUT2D eigenvalue weighted by molar-refractivity contribution is 5.70. The van der Waals surface area contributed by atoms with Crippen molar-refractivity contribution in [2.45, 2.75) is 19.8 Å². The molecule has 0 saturated carbocycles. The van der Waals surface area contributed by atoms with E-state index in [0.717, 1.165) is 12.8 Å². The van der Waals surface area contributed by atoms with E-state index < -0.39 is 6.09 Å². The van der Waals surface area contributed by atoms with Gasteiger partial charge in [-0.05, 0) is 18.6 Å². The molecule has 0 aliphatic rings. The quantitative estimate of drug-likeness (QED) is 0.783. The van der Waals surface area contributed by atoms with E-state index in [1.54, 1.807) is 12.1 Å². The lowest BCUT2D eigenvalue weighted by Gasteiger charge is -2.20. The van der Waals surface area contributed by atoms with Crippen molar-refractivity contribution in [3.63, 3.8) is 0 Å². The van der Waals surface area contributed by atoms with Gasteiger partial charge in [0.2, 0.25) is 0 Å². The molecule has 18 heavy (non-hydrogen) atoms. The molecule has 0 aromatic carbocycles. The molecular weight excluding hydrogens is 234 g/mol. The number of amides is 1. The van der Waals surface area contributed by atoms with Crippen LogP contribution in [0.25, 0.3) is 0 Å². The van der Waals surface area contributed by atoms with Gasteiger partial charge in [-0.3, -0.25) is 4.90 Å². The lowest BCUT2D eigenvalue weighted by molar-refractivity contribution is 0.0627. The summed E-state index contributed by atoms with van der Waals surface area (Å²) in [6.07, 6.45) is 2.87. The molecule has 0 aliphatic heterocycles. The van der Waals surface area contributed by atoms with E-state index in [-0.39, 0.29) is 6.73 Å². The van der Waals surface area contributed by atoms with E-state index >= 15 is 0 Å². The summed E-state index contributed by atoms with van der Waals surface area (Å²) in [6, 6.07) is 3.18. The molecule has 0 unspecified atom stereocenters. The van der Waals surface area contributed by atoms with Gasteiger partial charge in [0.15, 0.2) is 5.75 Å². The molecule has 1 aromatic heterocycles. The van der Waals surface area contributed by atoms with Crippen LogP contribution in [0.3, 0.4) is 0 Å². The van der Waals surface area contributed by atoms with E-state index in [9.17, 15) is 4.79 Å². The number of ether oxygens (including phenoxy) is 2. The van der Waals surface area contributed by atoms with Gasteiger partial charge in [-0.2, -0.15) is 0 Å². The Hall–Kier alpha value is -1.82. The second kappa shape index (κ2) is 7.50. The molecule has 0 fully saturated rings. The van der Waals surface area contributed by atoms with Crippen molar-refractivity contribution < 1.29 is 14.3 Å². The molecule has 0 atom stereocenters. The molecule has 0 radical (unpaired) electrons. The molecule has 1 heterocycles. The molecule has 100 valence electrons. The molecule has 1 aromatic rings. The largest absolute Gasteiger partial charge is 0.417 e. The number of methoxy groups -OCH3 is 1. The van der Waals surface area contributed by atoms with E-state index in [4.69, 9.17) is 15.2 Å². The Morgan fingerprint density at radius 3 is 2.83 bits per heavy atom. The SMILES string of the molecule is CCCCN(COC)C(=O)Oc1ccc(N)nc1. The normalized spacial score (nSPS) is 10.1. The molecule has 0 saturated heterocycles. The monoisotopic (exact) mass is 253 g/mol. The van der Waals surface area contributed by atoms with Crippen molar-refractivity contribution >= 4 is 11.9 Å². The number of aromatic nitrogens is 1. The second-order valence-corrected chi connectivity index (χ2v) is 3.82. The van der Waals surface area contributed by atoms with Gasteiger partial charge in [-0.25, -0.2) is 9.78 Å². The standard InChI is InChI=1S/C12H19N3O3/c1-3-4-7-15(9-17-2)12(16)18-10-5-6-11(13)14-8-10/h5-6,8H,3-4,7,9H2,1-2H3,(H2,13,14). The Balaban J connectivity index is 2.57. The first kappa shape index (κ1) is 14.2. The summed E-state index contributed by atoms with van der Waals surface area (Å²) >= 11 is 0. The van der Waals surface area contributed by atoms with Gasteiger partial charge in [-0.15, -0.1) is 0 Å². The van der Waals surface area contributed by atoms with Crippen molar-refractivity contribution in [2.24, 2.45) is 0 Å². The van der Waals surface area contributed by atoms with Crippen molar-refractivity contribution in [1.29, 1.82) is 0 Å². The number of rotatable bonds is 6. The highest BCUT2D eigenvalue weighted by Gasteiger charge is 2.15. The Kier molecular flexibility index (Phi) is 5.93. The number of nitrogens with zero attached hydrogens (tertiary/aromatic N) is 2. The number of carbonyl (C=O) groups is 1. The van der Waals surface area contributed by atoms with Gasteiger partial charge < -0.3 is 15.2 Å². The molecule has 1 rings (SSSR count). The molecule has 6 heteroatoms. The summed E-state index contributed by atoms with van der Waals surface area (Å²) in [6.45, 7) is 2.87. The van der Waals surface area contributed by atoms with Crippen LogP contribution < -0.4 is 10.5 Å². The molecule has 0 bridgehead atoms. The summed E-state index contributed by atoms with van der Waals surface area (Å²) in [5.41, 5.74) is 5.45. The first-order valence-corrected chi connectivity index (χ1v) is 5.84. The Morgan fingerprint density at radius 1 is 1.50 bits per heavy atom. The predicted molar refractivity (Wildman–Crippen MR) is 68.2 cm³/mol. The van der Waals surface area contributed by atoms with Crippen LogP contribution in [0, 0.1) is 0 Å².